The minimum absolute atomic E-state index is 0.294. The molecule has 4 nitrogen and oxygen atoms in total. The van der Waals surface area contributed by atoms with Crippen LogP contribution in [0.1, 0.15) is 18.4 Å². The van der Waals surface area contributed by atoms with Crippen molar-refractivity contribution in [2.24, 2.45) is 5.92 Å². The molecule has 2 N–H and O–H groups in total. The number of pyridine rings is 1. The van der Waals surface area contributed by atoms with Gasteiger partial charge in [0.05, 0.1) is 17.7 Å². The van der Waals surface area contributed by atoms with E-state index in [1.807, 2.05) is 6.07 Å². The highest BCUT2D eigenvalue weighted by Gasteiger charge is 2.29. The predicted octanol–water partition coefficient (Wildman–Crippen LogP) is 1.14. The van der Waals surface area contributed by atoms with Crippen molar-refractivity contribution in [3.05, 3.63) is 23.9 Å². The summed E-state index contributed by atoms with van der Waals surface area (Å²) in [4.78, 5) is 4.07. The Morgan fingerprint density at radius 2 is 2.47 bits per heavy atom. The van der Waals surface area contributed by atoms with Crippen molar-refractivity contribution in [3.63, 3.8) is 0 Å². The average molecular weight is 203 g/mol. The van der Waals surface area contributed by atoms with Gasteiger partial charge in [-0.25, -0.2) is 4.98 Å². The second kappa shape index (κ2) is 4.28. The highest BCUT2D eigenvalue weighted by atomic mass is 16.3. The second-order valence-electron chi connectivity index (χ2n) is 3.83. The molecule has 1 atom stereocenters. The molecule has 1 aliphatic carbocycles. The normalized spacial score (nSPS) is 16.8. The highest BCUT2D eigenvalue weighted by Crippen LogP contribution is 2.32. The van der Waals surface area contributed by atoms with Crippen LogP contribution < -0.4 is 5.32 Å². The molecule has 15 heavy (non-hydrogen) atoms. The van der Waals surface area contributed by atoms with Gasteiger partial charge < -0.3 is 10.4 Å². The first-order valence-electron chi connectivity index (χ1n) is 5.07. The van der Waals surface area contributed by atoms with Gasteiger partial charge in [-0.3, -0.25) is 0 Å². The van der Waals surface area contributed by atoms with Gasteiger partial charge in [0.1, 0.15) is 5.82 Å². The van der Waals surface area contributed by atoms with Crippen molar-refractivity contribution >= 4 is 5.82 Å². The Morgan fingerprint density at radius 3 is 3.13 bits per heavy atom. The van der Waals surface area contributed by atoms with E-state index in [9.17, 15) is 5.11 Å². The van der Waals surface area contributed by atoms with Gasteiger partial charge in [0.25, 0.3) is 0 Å². The zero-order chi connectivity index (χ0) is 10.7. The monoisotopic (exact) mass is 203 g/mol. The van der Waals surface area contributed by atoms with Crippen LogP contribution in [0.2, 0.25) is 0 Å². The smallest absolute Gasteiger partial charge is 0.127 e. The van der Waals surface area contributed by atoms with Crippen LogP contribution in [0.4, 0.5) is 5.82 Å². The number of aliphatic hydroxyl groups excluding tert-OH is 1. The van der Waals surface area contributed by atoms with Gasteiger partial charge in [0, 0.05) is 12.7 Å². The number of nitrogens with zero attached hydrogens (tertiary/aromatic N) is 2. The molecule has 1 aromatic rings. The lowest BCUT2D eigenvalue weighted by molar-refractivity contribution is 0.164. The first-order valence-corrected chi connectivity index (χ1v) is 5.07. The van der Waals surface area contributed by atoms with Gasteiger partial charge in [-0.15, -0.1) is 0 Å². The molecule has 0 aliphatic heterocycles. The van der Waals surface area contributed by atoms with E-state index in [2.05, 4.69) is 10.3 Å². The maximum atomic E-state index is 9.62. The van der Waals surface area contributed by atoms with E-state index in [1.165, 1.54) is 0 Å². The van der Waals surface area contributed by atoms with Gasteiger partial charge in [0.2, 0.25) is 0 Å². The highest BCUT2D eigenvalue weighted by molar-refractivity contribution is 5.42. The molecule has 0 saturated heterocycles. The largest absolute Gasteiger partial charge is 0.391 e. The van der Waals surface area contributed by atoms with Gasteiger partial charge in [0.15, 0.2) is 0 Å². The van der Waals surface area contributed by atoms with Crippen LogP contribution in [0.25, 0.3) is 0 Å². The molecule has 0 spiro atoms. The predicted molar refractivity (Wildman–Crippen MR) is 56.2 cm³/mol. The minimum Gasteiger partial charge on any atom is -0.391 e. The van der Waals surface area contributed by atoms with Crippen molar-refractivity contribution in [2.75, 3.05) is 11.9 Å². The Kier molecular flexibility index (Phi) is 2.84. The van der Waals surface area contributed by atoms with Gasteiger partial charge >= 0.3 is 0 Å². The lowest BCUT2D eigenvalue weighted by atomic mass is 10.2. The second-order valence-corrected chi connectivity index (χ2v) is 3.83. The van der Waals surface area contributed by atoms with Crippen LogP contribution in [0.15, 0.2) is 18.3 Å². The molecular formula is C11H13N3O. The fraction of sp³-hybridized carbons (Fsp3) is 0.455. The molecule has 0 bridgehead atoms. The molecule has 1 aromatic heterocycles. The van der Waals surface area contributed by atoms with E-state index in [0.29, 0.717) is 23.8 Å². The Morgan fingerprint density at radius 1 is 1.67 bits per heavy atom. The van der Waals surface area contributed by atoms with E-state index in [-0.39, 0.29) is 6.10 Å². The molecule has 0 aromatic carbocycles. The summed E-state index contributed by atoms with van der Waals surface area (Å²) >= 11 is 0. The standard InChI is InChI=1S/C11H13N3O/c12-6-8-3-4-13-11(5-8)14-7-10(15)9-1-2-9/h3-5,9-10,15H,1-2,7H2,(H,13,14). The number of rotatable bonds is 4. The van der Waals surface area contributed by atoms with Crippen LogP contribution in [0.3, 0.4) is 0 Å². The fourth-order valence-electron chi connectivity index (χ4n) is 1.45. The number of aromatic nitrogens is 1. The Hall–Kier alpha value is -1.60. The average Bonchev–Trinajstić information content (AvgIpc) is 3.10. The summed E-state index contributed by atoms with van der Waals surface area (Å²) in [6.45, 7) is 0.506. The summed E-state index contributed by atoms with van der Waals surface area (Å²) in [6.07, 6.45) is 3.53. The summed E-state index contributed by atoms with van der Waals surface area (Å²) in [6, 6.07) is 5.38. The SMILES string of the molecule is N#Cc1ccnc(NCC(O)C2CC2)c1. The maximum absolute atomic E-state index is 9.62. The molecule has 1 saturated carbocycles. The number of hydrogen-bond donors (Lipinski definition) is 2. The van der Waals surface area contributed by atoms with Crippen LogP contribution >= 0.6 is 0 Å². The van der Waals surface area contributed by atoms with E-state index < -0.39 is 0 Å². The van der Waals surface area contributed by atoms with Gasteiger partial charge in [-0.2, -0.15) is 5.26 Å². The first-order chi connectivity index (χ1) is 7.29. The Balaban J connectivity index is 1.89. The number of aliphatic hydroxyl groups is 1. The zero-order valence-corrected chi connectivity index (χ0v) is 8.35. The van der Waals surface area contributed by atoms with Crippen molar-refractivity contribution in [1.82, 2.24) is 4.98 Å². The van der Waals surface area contributed by atoms with Gasteiger partial charge in [-0.1, -0.05) is 0 Å². The van der Waals surface area contributed by atoms with E-state index >= 15 is 0 Å². The van der Waals surface area contributed by atoms with Crippen LogP contribution in [0.5, 0.6) is 0 Å². The van der Waals surface area contributed by atoms with Crippen molar-refractivity contribution in [2.45, 2.75) is 18.9 Å². The lowest BCUT2D eigenvalue weighted by Gasteiger charge is -2.10. The summed E-state index contributed by atoms with van der Waals surface area (Å²) < 4.78 is 0. The van der Waals surface area contributed by atoms with E-state index in [0.717, 1.165) is 12.8 Å². The third-order valence-corrected chi connectivity index (χ3v) is 2.55. The molecule has 0 radical (unpaired) electrons. The van der Waals surface area contributed by atoms with Crippen LogP contribution in [-0.2, 0) is 0 Å². The fourth-order valence-corrected chi connectivity index (χ4v) is 1.45. The molecule has 1 unspecified atom stereocenters. The molecule has 4 heteroatoms. The zero-order valence-electron chi connectivity index (χ0n) is 8.35. The van der Waals surface area contributed by atoms with Crippen LogP contribution in [-0.4, -0.2) is 22.7 Å². The van der Waals surface area contributed by atoms with Crippen LogP contribution in [0, 0.1) is 17.2 Å². The topological polar surface area (TPSA) is 68.9 Å². The number of hydrogen-bond acceptors (Lipinski definition) is 4. The van der Waals surface area contributed by atoms with E-state index in [1.54, 1.807) is 18.3 Å². The van der Waals surface area contributed by atoms with Crippen molar-refractivity contribution in [3.8, 4) is 6.07 Å². The maximum Gasteiger partial charge on any atom is 0.127 e. The summed E-state index contributed by atoms with van der Waals surface area (Å²) in [5.41, 5.74) is 0.577. The number of nitriles is 1. The Bertz CT molecular complexity index is 382. The minimum atomic E-state index is -0.294. The van der Waals surface area contributed by atoms with Crippen molar-refractivity contribution in [1.29, 1.82) is 5.26 Å². The summed E-state index contributed by atoms with van der Waals surface area (Å²) in [5, 5.41) is 21.3. The van der Waals surface area contributed by atoms with Gasteiger partial charge in [-0.05, 0) is 30.9 Å². The number of nitrogens with one attached hydrogen (secondary N) is 1. The third kappa shape index (κ3) is 2.67. The first kappa shape index (κ1) is 9.94. The number of anilines is 1. The Labute approximate surface area is 88.6 Å². The molecule has 1 aliphatic rings. The molecule has 2 rings (SSSR count). The summed E-state index contributed by atoms with van der Waals surface area (Å²) in [5.74, 6) is 1.10. The summed E-state index contributed by atoms with van der Waals surface area (Å²) in [7, 11) is 0. The quantitative estimate of drug-likeness (QED) is 0.769. The van der Waals surface area contributed by atoms with E-state index in [4.69, 9.17) is 5.26 Å². The van der Waals surface area contributed by atoms with Crippen molar-refractivity contribution < 1.29 is 5.11 Å². The molecule has 78 valence electrons. The molecule has 1 fully saturated rings. The molecule has 1 heterocycles. The third-order valence-electron chi connectivity index (χ3n) is 2.55. The molecule has 0 amide bonds. The molecular weight excluding hydrogens is 190 g/mol. The lowest BCUT2D eigenvalue weighted by Crippen LogP contribution is -2.21.